The molecule has 1 aliphatic heterocycles. The molecule has 2 N–H and O–H groups in total. The number of piperazine rings is 1. The zero-order chi connectivity index (χ0) is 13.3. The first-order valence-corrected chi connectivity index (χ1v) is 5.81. The number of halogens is 3. The lowest BCUT2D eigenvalue weighted by Crippen LogP contribution is -2.44. The van der Waals surface area contributed by atoms with Gasteiger partial charge in [0, 0.05) is 44.4 Å². The molecule has 1 heterocycles. The Morgan fingerprint density at radius 2 is 1.72 bits per heavy atom. The van der Waals surface area contributed by atoms with E-state index in [1.54, 1.807) is 0 Å². The fraction of sp³-hybridized carbons (Fsp3) is 0.500. The van der Waals surface area contributed by atoms with Crippen molar-refractivity contribution in [1.29, 1.82) is 0 Å². The number of likely N-dealkylation sites (N-methyl/N-ethyl adjacent to an activating group) is 1. The van der Waals surface area contributed by atoms with Crippen LogP contribution >= 0.6 is 0 Å². The van der Waals surface area contributed by atoms with Crippen molar-refractivity contribution in [1.82, 2.24) is 9.80 Å². The van der Waals surface area contributed by atoms with E-state index in [2.05, 4.69) is 4.90 Å². The fourth-order valence-electron chi connectivity index (χ4n) is 2.03. The van der Waals surface area contributed by atoms with Crippen LogP contribution in [0.2, 0.25) is 0 Å². The van der Waals surface area contributed by atoms with Gasteiger partial charge in [-0.1, -0.05) is 0 Å². The lowest BCUT2D eigenvalue weighted by molar-refractivity contribution is 0.145. The minimum absolute atomic E-state index is 0.0721. The van der Waals surface area contributed by atoms with Crippen molar-refractivity contribution >= 4 is 5.69 Å². The van der Waals surface area contributed by atoms with Gasteiger partial charge in [-0.05, 0) is 7.05 Å². The molecule has 1 fully saturated rings. The largest absolute Gasteiger partial charge is 0.396 e. The Kier molecular flexibility index (Phi) is 3.77. The highest BCUT2D eigenvalue weighted by molar-refractivity contribution is 5.43. The molecular weight excluding hydrogens is 243 g/mol. The van der Waals surface area contributed by atoms with Crippen molar-refractivity contribution < 1.29 is 13.2 Å². The monoisotopic (exact) mass is 259 g/mol. The fourth-order valence-corrected chi connectivity index (χ4v) is 2.03. The van der Waals surface area contributed by atoms with Gasteiger partial charge >= 0.3 is 0 Å². The van der Waals surface area contributed by atoms with E-state index in [1.807, 2.05) is 11.9 Å². The molecule has 100 valence electrons. The van der Waals surface area contributed by atoms with Crippen LogP contribution in [0.3, 0.4) is 0 Å². The molecule has 0 amide bonds. The molecular formula is C12H16F3N3. The lowest BCUT2D eigenvalue weighted by atomic mass is 10.1. The Morgan fingerprint density at radius 1 is 1.11 bits per heavy atom. The highest BCUT2D eigenvalue weighted by atomic mass is 19.2. The molecule has 6 heteroatoms. The quantitative estimate of drug-likeness (QED) is 0.644. The van der Waals surface area contributed by atoms with Gasteiger partial charge in [0.2, 0.25) is 0 Å². The van der Waals surface area contributed by atoms with E-state index < -0.39 is 23.1 Å². The second kappa shape index (κ2) is 5.16. The number of rotatable bonds is 2. The molecule has 0 radical (unpaired) electrons. The molecule has 0 bridgehead atoms. The van der Waals surface area contributed by atoms with Gasteiger partial charge in [-0.3, -0.25) is 4.90 Å². The summed E-state index contributed by atoms with van der Waals surface area (Å²) >= 11 is 0. The van der Waals surface area contributed by atoms with Gasteiger partial charge in [-0.2, -0.15) is 0 Å². The molecule has 1 aromatic rings. The first kappa shape index (κ1) is 13.2. The van der Waals surface area contributed by atoms with Crippen LogP contribution in [0.15, 0.2) is 6.07 Å². The topological polar surface area (TPSA) is 32.5 Å². The van der Waals surface area contributed by atoms with Gasteiger partial charge in [-0.25, -0.2) is 13.2 Å². The molecule has 3 nitrogen and oxygen atoms in total. The van der Waals surface area contributed by atoms with E-state index in [9.17, 15) is 13.2 Å². The summed E-state index contributed by atoms with van der Waals surface area (Å²) in [6.07, 6.45) is 0. The van der Waals surface area contributed by atoms with E-state index >= 15 is 0 Å². The second-order valence-corrected chi connectivity index (χ2v) is 4.63. The van der Waals surface area contributed by atoms with Crippen LogP contribution in [0.5, 0.6) is 0 Å². The third-order valence-corrected chi connectivity index (χ3v) is 3.26. The molecule has 0 atom stereocenters. The van der Waals surface area contributed by atoms with Crippen molar-refractivity contribution in [2.75, 3.05) is 39.0 Å². The Labute approximate surface area is 104 Å². The van der Waals surface area contributed by atoms with E-state index in [4.69, 9.17) is 5.73 Å². The van der Waals surface area contributed by atoms with Crippen LogP contribution in [0.25, 0.3) is 0 Å². The molecule has 1 saturated heterocycles. The Bertz CT molecular complexity index is 443. The number of benzene rings is 1. The molecule has 0 aromatic heterocycles. The minimum Gasteiger partial charge on any atom is -0.396 e. The number of anilines is 1. The smallest absolute Gasteiger partial charge is 0.182 e. The summed E-state index contributed by atoms with van der Waals surface area (Å²) in [5.41, 5.74) is 4.43. The molecule has 0 saturated carbocycles. The highest BCUT2D eigenvalue weighted by Crippen LogP contribution is 2.23. The molecule has 1 aliphatic rings. The molecule has 1 aromatic carbocycles. The summed E-state index contributed by atoms with van der Waals surface area (Å²) in [6.45, 7) is 3.16. The lowest BCUT2D eigenvalue weighted by Gasteiger charge is -2.32. The maximum Gasteiger partial charge on any atom is 0.182 e. The zero-order valence-corrected chi connectivity index (χ0v) is 10.2. The predicted molar refractivity (Wildman–Crippen MR) is 63.5 cm³/mol. The van der Waals surface area contributed by atoms with Crippen molar-refractivity contribution in [2.45, 2.75) is 6.54 Å². The van der Waals surface area contributed by atoms with Crippen LogP contribution < -0.4 is 5.73 Å². The van der Waals surface area contributed by atoms with Crippen LogP contribution in [0, 0.1) is 17.5 Å². The van der Waals surface area contributed by atoms with E-state index in [-0.39, 0.29) is 12.1 Å². The molecule has 0 aliphatic carbocycles. The van der Waals surface area contributed by atoms with Crippen LogP contribution in [-0.2, 0) is 6.54 Å². The van der Waals surface area contributed by atoms with Gasteiger partial charge in [0.25, 0.3) is 0 Å². The average Bonchev–Trinajstić information content (AvgIpc) is 2.34. The van der Waals surface area contributed by atoms with Crippen LogP contribution in [-0.4, -0.2) is 43.0 Å². The molecule has 18 heavy (non-hydrogen) atoms. The van der Waals surface area contributed by atoms with Gasteiger partial charge in [0.15, 0.2) is 11.6 Å². The molecule has 0 unspecified atom stereocenters. The maximum atomic E-state index is 13.6. The predicted octanol–water partition coefficient (Wildman–Crippen LogP) is 1.43. The number of nitrogens with zero attached hydrogens (tertiary/aromatic N) is 2. The van der Waals surface area contributed by atoms with Crippen LogP contribution in [0.4, 0.5) is 18.9 Å². The second-order valence-electron chi connectivity index (χ2n) is 4.63. The summed E-state index contributed by atoms with van der Waals surface area (Å²) in [5, 5.41) is 0. The minimum atomic E-state index is -1.17. The number of nitrogen functional groups attached to an aromatic ring is 1. The van der Waals surface area contributed by atoms with Crippen molar-refractivity contribution in [3.8, 4) is 0 Å². The Balaban J connectivity index is 2.16. The summed E-state index contributed by atoms with van der Waals surface area (Å²) < 4.78 is 40.5. The summed E-state index contributed by atoms with van der Waals surface area (Å²) in [6, 6.07) is 0.837. The first-order valence-electron chi connectivity index (χ1n) is 5.81. The van der Waals surface area contributed by atoms with E-state index in [0.717, 1.165) is 19.2 Å². The third kappa shape index (κ3) is 2.59. The normalized spacial score (nSPS) is 18.2. The van der Waals surface area contributed by atoms with Crippen LogP contribution in [0.1, 0.15) is 5.56 Å². The number of hydrogen-bond acceptors (Lipinski definition) is 3. The number of nitrogens with two attached hydrogens (primary N) is 1. The summed E-state index contributed by atoms with van der Waals surface area (Å²) in [7, 11) is 1.99. The van der Waals surface area contributed by atoms with Crippen molar-refractivity contribution in [3.05, 3.63) is 29.1 Å². The zero-order valence-electron chi connectivity index (χ0n) is 10.2. The van der Waals surface area contributed by atoms with E-state index in [1.165, 1.54) is 0 Å². The molecule has 0 spiro atoms. The summed E-state index contributed by atoms with van der Waals surface area (Å²) in [4.78, 5) is 4.03. The van der Waals surface area contributed by atoms with Crippen molar-refractivity contribution in [2.24, 2.45) is 0 Å². The first-order chi connectivity index (χ1) is 8.49. The molecule has 2 rings (SSSR count). The Morgan fingerprint density at radius 3 is 2.33 bits per heavy atom. The maximum absolute atomic E-state index is 13.6. The van der Waals surface area contributed by atoms with Gasteiger partial charge in [-0.15, -0.1) is 0 Å². The van der Waals surface area contributed by atoms with Crippen molar-refractivity contribution in [3.63, 3.8) is 0 Å². The summed E-state index contributed by atoms with van der Waals surface area (Å²) in [5.74, 6) is -3.13. The number of hydrogen-bond donors (Lipinski definition) is 1. The standard InChI is InChI=1S/C12H16F3N3/c1-17-2-4-18(5-3-17)7-8-9(13)6-10(16)12(15)11(8)14/h6H,2-5,7,16H2,1H3. The van der Waals surface area contributed by atoms with E-state index in [0.29, 0.717) is 13.1 Å². The average molecular weight is 259 g/mol. The Hall–Kier alpha value is -1.27. The van der Waals surface area contributed by atoms with Gasteiger partial charge in [0.05, 0.1) is 5.69 Å². The van der Waals surface area contributed by atoms with Gasteiger partial charge in [0.1, 0.15) is 5.82 Å². The van der Waals surface area contributed by atoms with Gasteiger partial charge < -0.3 is 10.6 Å². The third-order valence-electron chi connectivity index (χ3n) is 3.26. The highest BCUT2D eigenvalue weighted by Gasteiger charge is 2.21. The SMILES string of the molecule is CN1CCN(Cc2c(F)cc(N)c(F)c2F)CC1.